The molecule has 5 rings (SSSR count). The molecule has 184 valence electrons. The molecular formula is C27H30N2O5S. The van der Waals surface area contributed by atoms with Crippen molar-refractivity contribution in [2.75, 3.05) is 12.4 Å². The van der Waals surface area contributed by atoms with Gasteiger partial charge in [-0.25, -0.2) is 9.59 Å². The number of nitrogens with one attached hydrogen (secondary N) is 1. The van der Waals surface area contributed by atoms with Crippen molar-refractivity contribution in [1.29, 1.82) is 0 Å². The number of thioether (sulfide) groups is 1. The van der Waals surface area contributed by atoms with Crippen LogP contribution in [0, 0.1) is 5.92 Å². The molecule has 2 aliphatic carbocycles. The Morgan fingerprint density at radius 1 is 1.09 bits per heavy atom. The van der Waals surface area contributed by atoms with Crippen LogP contribution in [0.5, 0.6) is 0 Å². The van der Waals surface area contributed by atoms with Gasteiger partial charge >= 0.3 is 12.1 Å². The minimum Gasteiger partial charge on any atom is -0.480 e. The normalized spacial score (nSPS) is 21.8. The Bertz CT molecular complexity index is 1090. The number of nitrogens with zero attached hydrogens (tertiary/aromatic N) is 1. The third-order valence-corrected chi connectivity index (χ3v) is 8.57. The number of rotatable bonds is 8. The maximum Gasteiger partial charge on any atom is 0.407 e. The molecule has 8 heteroatoms. The van der Waals surface area contributed by atoms with Crippen molar-refractivity contribution in [2.24, 2.45) is 5.92 Å². The molecule has 2 amide bonds. The number of amides is 2. The van der Waals surface area contributed by atoms with E-state index >= 15 is 0 Å². The van der Waals surface area contributed by atoms with Gasteiger partial charge in [-0.05, 0) is 47.4 Å². The Kier molecular flexibility index (Phi) is 6.73. The molecule has 1 saturated heterocycles. The molecule has 35 heavy (non-hydrogen) atoms. The van der Waals surface area contributed by atoms with E-state index in [1.165, 1.54) is 16.7 Å². The summed E-state index contributed by atoms with van der Waals surface area (Å²) in [5.74, 6) is -0.671. The van der Waals surface area contributed by atoms with Crippen molar-refractivity contribution >= 4 is 29.7 Å². The molecule has 7 nitrogen and oxygen atoms in total. The highest BCUT2D eigenvalue weighted by molar-refractivity contribution is 8.00. The summed E-state index contributed by atoms with van der Waals surface area (Å²) in [7, 11) is 0. The van der Waals surface area contributed by atoms with E-state index in [0.717, 1.165) is 35.1 Å². The minimum absolute atomic E-state index is 0.0703. The Balaban J connectivity index is 1.27. The number of benzene rings is 2. The molecule has 1 heterocycles. The SMILES string of the molecule is CCC[C@H](NC(=O)OCC1c2ccccc2-c2ccccc21)C(=O)N1C(C(=O)O)CSC1C1CC1. The van der Waals surface area contributed by atoms with Crippen LogP contribution in [-0.2, 0) is 14.3 Å². The maximum atomic E-state index is 13.5. The second-order valence-electron chi connectivity index (χ2n) is 9.47. The van der Waals surface area contributed by atoms with Crippen LogP contribution in [0.3, 0.4) is 0 Å². The first-order chi connectivity index (χ1) is 17.0. The molecule has 0 spiro atoms. The molecular weight excluding hydrogens is 464 g/mol. The van der Waals surface area contributed by atoms with Crippen LogP contribution in [0.2, 0.25) is 0 Å². The summed E-state index contributed by atoms with van der Waals surface area (Å²) in [6, 6.07) is 14.6. The summed E-state index contributed by atoms with van der Waals surface area (Å²) in [6.07, 6.45) is 2.46. The fourth-order valence-electron chi connectivity index (χ4n) is 5.25. The van der Waals surface area contributed by atoms with Crippen molar-refractivity contribution in [3.8, 4) is 11.1 Å². The molecule has 2 unspecified atom stereocenters. The molecule has 2 N–H and O–H groups in total. The zero-order valence-electron chi connectivity index (χ0n) is 19.7. The van der Waals surface area contributed by atoms with Crippen LogP contribution in [0.1, 0.15) is 49.7 Å². The van der Waals surface area contributed by atoms with Gasteiger partial charge in [-0.15, -0.1) is 11.8 Å². The van der Waals surface area contributed by atoms with Crippen molar-refractivity contribution < 1.29 is 24.2 Å². The molecule has 3 atom stereocenters. The molecule has 0 radical (unpaired) electrons. The second kappa shape index (κ2) is 9.93. The van der Waals surface area contributed by atoms with E-state index in [2.05, 4.69) is 29.6 Å². The van der Waals surface area contributed by atoms with Gasteiger partial charge in [-0.1, -0.05) is 61.9 Å². The molecule has 2 aromatic carbocycles. The van der Waals surface area contributed by atoms with E-state index in [9.17, 15) is 19.5 Å². The first kappa shape index (κ1) is 23.7. The Labute approximate surface area is 209 Å². The predicted molar refractivity (Wildman–Crippen MR) is 134 cm³/mol. The smallest absolute Gasteiger partial charge is 0.407 e. The first-order valence-corrected chi connectivity index (χ1v) is 13.3. The fraction of sp³-hybridized carbons (Fsp3) is 0.444. The number of fused-ring (bicyclic) bond motifs is 3. The summed E-state index contributed by atoms with van der Waals surface area (Å²) in [5.41, 5.74) is 4.53. The lowest BCUT2D eigenvalue weighted by molar-refractivity contribution is -0.150. The van der Waals surface area contributed by atoms with Crippen molar-refractivity contribution in [1.82, 2.24) is 10.2 Å². The number of alkyl carbamates (subject to hydrolysis) is 1. The van der Waals surface area contributed by atoms with Gasteiger partial charge in [-0.3, -0.25) is 4.79 Å². The highest BCUT2D eigenvalue weighted by Gasteiger charge is 2.49. The molecule has 3 aliphatic rings. The lowest BCUT2D eigenvalue weighted by atomic mass is 9.98. The molecule has 2 aromatic rings. The van der Waals surface area contributed by atoms with Crippen LogP contribution in [0.25, 0.3) is 11.1 Å². The fourth-order valence-corrected chi connectivity index (χ4v) is 6.89. The van der Waals surface area contributed by atoms with Crippen LogP contribution in [-0.4, -0.2) is 57.8 Å². The molecule has 1 saturated carbocycles. The monoisotopic (exact) mass is 494 g/mol. The largest absolute Gasteiger partial charge is 0.480 e. The van der Waals surface area contributed by atoms with Crippen molar-refractivity contribution in [3.63, 3.8) is 0 Å². The number of hydrogen-bond donors (Lipinski definition) is 2. The van der Waals surface area contributed by atoms with Gasteiger partial charge in [0.25, 0.3) is 0 Å². The second-order valence-corrected chi connectivity index (χ2v) is 10.6. The third-order valence-electron chi connectivity index (χ3n) is 7.11. The number of carbonyl (C=O) groups is 3. The van der Waals surface area contributed by atoms with Crippen molar-refractivity contribution in [3.05, 3.63) is 59.7 Å². The lowest BCUT2D eigenvalue weighted by Gasteiger charge is -2.31. The van der Waals surface area contributed by atoms with Crippen molar-refractivity contribution in [2.45, 2.75) is 56.0 Å². The van der Waals surface area contributed by atoms with Gasteiger partial charge in [0.1, 0.15) is 18.7 Å². The highest BCUT2D eigenvalue weighted by atomic mass is 32.2. The molecule has 0 bridgehead atoms. The topological polar surface area (TPSA) is 95.9 Å². The molecule has 1 aliphatic heterocycles. The number of carbonyl (C=O) groups excluding carboxylic acids is 2. The standard InChI is InChI=1S/C27H30N2O5S/c1-2-7-22(24(30)29-23(26(31)32)15-35-25(29)16-12-13-16)28-27(33)34-14-21-19-10-5-3-8-17(19)18-9-4-6-11-20(18)21/h3-6,8-11,16,21-23,25H,2,7,12-15H2,1H3,(H,28,33)(H,31,32)/t22-,23?,25?/m0/s1. The van der Waals surface area contributed by atoms with Gasteiger partial charge in [0.05, 0.1) is 5.37 Å². The number of hydrogen-bond acceptors (Lipinski definition) is 5. The highest BCUT2D eigenvalue weighted by Crippen LogP contribution is 2.46. The summed E-state index contributed by atoms with van der Waals surface area (Å²) >= 11 is 1.53. The quantitative estimate of drug-likeness (QED) is 0.563. The molecule has 0 aromatic heterocycles. The lowest BCUT2D eigenvalue weighted by Crippen LogP contribution is -2.54. The van der Waals surface area contributed by atoms with E-state index in [-0.39, 0.29) is 23.8 Å². The number of carboxylic acid groups (broad SMARTS) is 1. The Morgan fingerprint density at radius 2 is 1.71 bits per heavy atom. The zero-order chi connectivity index (χ0) is 24.5. The average molecular weight is 495 g/mol. The van der Waals surface area contributed by atoms with Crippen LogP contribution in [0.4, 0.5) is 4.79 Å². The summed E-state index contributed by atoms with van der Waals surface area (Å²) in [4.78, 5) is 39.7. The maximum absolute atomic E-state index is 13.5. The zero-order valence-corrected chi connectivity index (χ0v) is 20.5. The predicted octanol–water partition coefficient (Wildman–Crippen LogP) is 4.46. The average Bonchev–Trinajstić information content (AvgIpc) is 3.52. The van der Waals surface area contributed by atoms with E-state index in [0.29, 0.717) is 24.5 Å². The van der Waals surface area contributed by atoms with Crippen LogP contribution >= 0.6 is 11.8 Å². The van der Waals surface area contributed by atoms with E-state index < -0.39 is 24.1 Å². The number of aliphatic carboxylic acids is 1. The minimum atomic E-state index is -0.995. The molecule has 2 fully saturated rings. The number of ether oxygens (including phenoxy) is 1. The number of carboxylic acids is 1. The van der Waals surface area contributed by atoms with Crippen LogP contribution in [0.15, 0.2) is 48.5 Å². The van der Waals surface area contributed by atoms with E-state index in [1.807, 2.05) is 31.2 Å². The Morgan fingerprint density at radius 3 is 2.29 bits per heavy atom. The summed E-state index contributed by atoms with van der Waals surface area (Å²) in [6.45, 7) is 2.10. The van der Waals surface area contributed by atoms with Crippen LogP contribution < -0.4 is 5.32 Å². The van der Waals surface area contributed by atoms with Gasteiger partial charge in [-0.2, -0.15) is 0 Å². The van der Waals surface area contributed by atoms with Gasteiger partial charge in [0, 0.05) is 11.7 Å². The Hall–Kier alpha value is -3.00. The van der Waals surface area contributed by atoms with E-state index in [4.69, 9.17) is 4.74 Å². The first-order valence-electron chi connectivity index (χ1n) is 12.3. The summed E-state index contributed by atoms with van der Waals surface area (Å²) in [5, 5.41) is 12.3. The van der Waals surface area contributed by atoms with Gasteiger partial charge in [0.2, 0.25) is 5.91 Å². The van der Waals surface area contributed by atoms with Gasteiger partial charge < -0.3 is 20.1 Å². The third kappa shape index (κ3) is 4.63. The summed E-state index contributed by atoms with van der Waals surface area (Å²) < 4.78 is 5.65. The van der Waals surface area contributed by atoms with E-state index in [1.54, 1.807) is 0 Å². The van der Waals surface area contributed by atoms with Gasteiger partial charge in [0.15, 0.2) is 0 Å².